The first-order valence-corrected chi connectivity index (χ1v) is 14.9. The zero-order valence-electron chi connectivity index (χ0n) is 22.9. The molecule has 0 atom stereocenters. The summed E-state index contributed by atoms with van der Waals surface area (Å²) >= 11 is 0. The van der Waals surface area contributed by atoms with E-state index in [1.54, 1.807) is 6.92 Å². The molecular weight excluding hydrogens is 563 g/mol. The van der Waals surface area contributed by atoms with Crippen molar-refractivity contribution in [1.29, 1.82) is 0 Å². The molecule has 0 saturated carbocycles. The van der Waals surface area contributed by atoms with Gasteiger partial charge in [-0.15, -0.1) is 0 Å². The number of benzene rings is 4. The van der Waals surface area contributed by atoms with Crippen LogP contribution in [0.15, 0.2) is 108 Å². The third-order valence-electron chi connectivity index (χ3n) is 7.41. The van der Waals surface area contributed by atoms with Crippen LogP contribution < -0.4 is 5.32 Å². The second-order valence-electron chi connectivity index (χ2n) is 10.2. The van der Waals surface area contributed by atoms with Crippen LogP contribution in [0.1, 0.15) is 38.7 Å². The number of nitrogens with one attached hydrogen (secondary N) is 1. The Labute approximate surface area is 243 Å². The fraction of sp³-hybridized carbons (Fsp3) is 0.219. The number of carbonyl (C=O) groups excluding carboxylic acids is 1. The van der Waals surface area contributed by atoms with Crippen LogP contribution in [0.25, 0.3) is 0 Å². The lowest BCUT2D eigenvalue weighted by molar-refractivity contribution is -0.137. The zero-order valence-corrected chi connectivity index (χ0v) is 23.7. The highest BCUT2D eigenvalue weighted by Gasteiger charge is 2.33. The van der Waals surface area contributed by atoms with Gasteiger partial charge in [-0.1, -0.05) is 72.8 Å². The van der Waals surface area contributed by atoms with Crippen molar-refractivity contribution in [2.24, 2.45) is 0 Å². The number of hydrogen-bond acceptors (Lipinski definition) is 4. The molecule has 1 saturated heterocycles. The van der Waals surface area contributed by atoms with Gasteiger partial charge in [0.15, 0.2) is 0 Å². The van der Waals surface area contributed by atoms with Crippen molar-refractivity contribution in [2.75, 3.05) is 31.5 Å². The van der Waals surface area contributed by atoms with Crippen molar-refractivity contribution in [3.05, 3.63) is 131 Å². The lowest BCUT2D eigenvalue weighted by atomic mass is 9.96. The molecule has 1 fully saturated rings. The van der Waals surface area contributed by atoms with Crippen LogP contribution in [-0.2, 0) is 16.2 Å². The highest BCUT2D eigenvalue weighted by atomic mass is 32.2. The standard InChI is InChI=1S/C32H30F3N3O3S/c1-23-15-16-28(22-29(23)31(39)36-27-14-8-13-26(21-27)32(33,34)35)42(40,41)38-19-17-37(18-20-38)30(24-9-4-2-5-10-24)25-11-6-3-7-12-25/h2-16,21-22,30H,17-20H2,1H3,(H,36,39). The van der Waals surface area contributed by atoms with Crippen LogP contribution in [0.5, 0.6) is 0 Å². The minimum Gasteiger partial charge on any atom is -0.322 e. The molecule has 4 aromatic rings. The summed E-state index contributed by atoms with van der Waals surface area (Å²) in [6.45, 7) is 3.17. The van der Waals surface area contributed by atoms with Crippen LogP contribution in [0, 0.1) is 6.92 Å². The van der Waals surface area contributed by atoms with E-state index in [0.29, 0.717) is 18.7 Å². The Hall–Kier alpha value is -3.99. The van der Waals surface area contributed by atoms with E-state index in [1.165, 1.54) is 34.6 Å². The molecule has 0 aliphatic carbocycles. The minimum absolute atomic E-state index is 0.0252. The van der Waals surface area contributed by atoms with E-state index in [2.05, 4.69) is 34.5 Å². The number of carbonyl (C=O) groups is 1. The smallest absolute Gasteiger partial charge is 0.322 e. The number of amides is 1. The number of piperazine rings is 1. The van der Waals surface area contributed by atoms with Gasteiger partial charge in [0.1, 0.15) is 0 Å². The topological polar surface area (TPSA) is 69.7 Å². The Morgan fingerprint density at radius 2 is 1.38 bits per heavy atom. The molecule has 1 heterocycles. The molecule has 1 aliphatic rings. The second-order valence-corrected chi connectivity index (χ2v) is 12.1. The van der Waals surface area contributed by atoms with E-state index in [1.807, 2.05) is 36.4 Å². The van der Waals surface area contributed by atoms with Crippen molar-refractivity contribution in [3.8, 4) is 0 Å². The van der Waals surface area contributed by atoms with E-state index in [-0.39, 0.29) is 35.3 Å². The van der Waals surface area contributed by atoms with E-state index in [0.717, 1.165) is 23.3 Å². The number of nitrogens with zero attached hydrogens (tertiary/aromatic N) is 2. The maximum Gasteiger partial charge on any atom is 0.416 e. The molecule has 0 spiro atoms. The Bertz CT molecular complexity index is 1620. The highest BCUT2D eigenvalue weighted by Crippen LogP contribution is 2.32. The second kappa shape index (κ2) is 12.1. The number of anilines is 1. The summed E-state index contributed by atoms with van der Waals surface area (Å²) in [4.78, 5) is 15.3. The molecule has 6 nitrogen and oxygen atoms in total. The molecule has 5 rings (SSSR count). The SMILES string of the molecule is Cc1ccc(S(=O)(=O)N2CCN(C(c3ccccc3)c3ccccc3)CC2)cc1C(=O)Nc1cccc(C(F)(F)F)c1. The van der Waals surface area contributed by atoms with Gasteiger partial charge in [-0.25, -0.2) is 8.42 Å². The van der Waals surface area contributed by atoms with Gasteiger partial charge in [-0.2, -0.15) is 17.5 Å². The Kier molecular flexibility index (Phi) is 8.49. The number of rotatable bonds is 7. The molecule has 4 aromatic carbocycles. The largest absolute Gasteiger partial charge is 0.416 e. The molecule has 0 bridgehead atoms. The molecule has 1 aliphatic heterocycles. The van der Waals surface area contributed by atoms with Gasteiger partial charge in [0.05, 0.1) is 16.5 Å². The predicted molar refractivity (Wildman–Crippen MR) is 156 cm³/mol. The van der Waals surface area contributed by atoms with Crippen LogP contribution in [0.3, 0.4) is 0 Å². The summed E-state index contributed by atoms with van der Waals surface area (Å²) in [5.41, 5.74) is 1.88. The molecule has 1 N–H and O–H groups in total. The molecule has 218 valence electrons. The van der Waals surface area contributed by atoms with E-state index < -0.39 is 27.7 Å². The first-order chi connectivity index (χ1) is 20.0. The molecule has 1 amide bonds. The van der Waals surface area contributed by atoms with Crippen LogP contribution in [0.2, 0.25) is 0 Å². The van der Waals surface area contributed by atoms with Crippen LogP contribution in [0.4, 0.5) is 18.9 Å². The molecular formula is C32H30F3N3O3S. The highest BCUT2D eigenvalue weighted by molar-refractivity contribution is 7.89. The van der Waals surface area contributed by atoms with E-state index >= 15 is 0 Å². The first kappa shape index (κ1) is 29.5. The fourth-order valence-electron chi connectivity index (χ4n) is 5.21. The molecule has 10 heteroatoms. The van der Waals surface area contributed by atoms with Gasteiger partial charge in [0.25, 0.3) is 5.91 Å². The number of alkyl halides is 3. The summed E-state index contributed by atoms with van der Waals surface area (Å²) in [6.07, 6.45) is -4.56. The Morgan fingerprint density at radius 3 is 1.95 bits per heavy atom. The molecule has 42 heavy (non-hydrogen) atoms. The van der Waals surface area contributed by atoms with E-state index in [9.17, 15) is 26.4 Å². The van der Waals surface area contributed by atoms with Crippen molar-refractivity contribution in [2.45, 2.75) is 24.0 Å². The van der Waals surface area contributed by atoms with Crippen LogP contribution in [-0.4, -0.2) is 49.7 Å². The predicted octanol–water partition coefficient (Wildman–Crippen LogP) is 6.36. The first-order valence-electron chi connectivity index (χ1n) is 13.5. The average Bonchev–Trinajstić information content (AvgIpc) is 2.98. The number of aryl methyl sites for hydroxylation is 1. The number of halogens is 3. The lowest BCUT2D eigenvalue weighted by Gasteiger charge is -2.39. The average molecular weight is 594 g/mol. The van der Waals surface area contributed by atoms with Gasteiger partial charge < -0.3 is 5.32 Å². The summed E-state index contributed by atoms with van der Waals surface area (Å²) in [7, 11) is -3.93. The Balaban J connectivity index is 1.33. The number of hydrogen-bond donors (Lipinski definition) is 1. The van der Waals surface area contributed by atoms with Crippen molar-refractivity contribution >= 4 is 21.6 Å². The maximum atomic E-state index is 13.7. The quantitative estimate of drug-likeness (QED) is 0.271. The molecule has 0 aromatic heterocycles. The van der Waals surface area contributed by atoms with Crippen molar-refractivity contribution in [1.82, 2.24) is 9.21 Å². The third-order valence-corrected chi connectivity index (χ3v) is 9.30. The summed E-state index contributed by atoms with van der Waals surface area (Å²) in [5.74, 6) is -0.692. The van der Waals surface area contributed by atoms with Gasteiger partial charge in [0.2, 0.25) is 10.0 Å². The zero-order chi connectivity index (χ0) is 29.9. The van der Waals surface area contributed by atoms with Gasteiger partial charge in [-0.3, -0.25) is 9.69 Å². The monoisotopic (exact) mass is 593 g/mol. The minimum atomic E-state index is -4.56. The summed E-state index contributed by atoms with van der Waals surface area (Å²) < 4.78 is 68.0. The number of sulfonamides is 1. The van der Waals surface area contributed by atoms with Crippen molar-refractivity contribution in [3.63, 3.8) is 0 Å². The van der Waals surface area contributed by atoms with Crippen molar-refractivity contribution < 1.29 is 26.4 Å². The summed E-state index contributed by atoms with van der Waals surface area (Å²) in [5, 5.41) is 2.47. The van der Waals surface area contributed by atoms with Crippen LogP contribution >= 0.6 is 0 Å². The Morgan fingerprint density at radius 1 is 0.786 bits per heavy atom. The fourth-order valence-corrected chi connectivity index (χ4v) is 6.66. The molecule has 0 unspecified atom stereocenters. The molecule has 0 radical (unpaired) electrons. The van der Waals surface area contributed by atoms with E-state index in [4.69, 9.17) is 0 Å². The summed E-state index contributed by atoms with van der Waals surface area (Å²) in [6, 6.07) is 28.7. The van der Waals surface area contributed by atoms with Gasteiger partial charge in [0, 0.05) is 37.4 Å². The third kappa shape index (κ3) is 6.41. The van der Waals surface area contributed by atoms with Gasteiger partial charge >= 0.3 is 6.18 Å². The normalized spacial score (nSPS) is 15.1. The van der Waals surface area contributed by atoms with Gasteiger partial charge in [-0.05, 0) is 53.9 Å². The maximum absolute atomic E-state index is 13.7. The lowest BCUT2D eigenvalue weighted by Crippen LogP contribution is -2.49.